The summed E-state index contributed by atoms with van der Waals surface area (Å²) < 4.78 is 7.08. The van der Waals surface area contributed by atoms with E-state index in [0.29, 0.717) is 24.4 Å². The van der Waals surface area contributed by atoms with Crippen molar-refractivity contribution >= 4 is 5.91 Å². The number of aromatic nitrogens is 2. The number of hydrogen-bond donors (Lipinski definition) is 0. The van der Waals surface area contributed by atoms with Crippen LogP contribution in [0.3, 0.4) is 0 Å². The molecule has 26 heavy (non-hydrogen) atoms. The van der Waals surface area contributed by atoms with Gasteiger partial charge in [0.05, 0.1) is 23.8 Å². The summed E-state index contributed by atoms with van der Waals surface area (Å²) in [4.78, 5) is 27.3. The highest BCUT2D eigenvalue weighted by Crippen LogP contribution is 2.24. The van der Waals surface area contributed by atoms with Crippen molar-refractivity contribution in [2.75, 3.05) is 6.54 Å². The molecule has 3 heterocycles. The van der Waals surface area contributed by atoms with Crippen molar-refractivity contribution in [1.82, 2.24) is 14.7 Å². The third kappa shape index (κ3) is 3.08. The lowest BCUT2D eigenvalue weighted by Gasteiger charge is -2.25. The Morgan fingerprint density at radius 1 is 1.23 bits per heavy atom. The summed E-state index contributed by atoms with van der Waals surface area (Å²) in [5.41, 5.74) is 2.72. The Labute approximate surface area is 152 Å². The molecule has 0 aromatic carbocycles. The molecular formula is C20H25N3O3. The molecule has 6 heteroatoms. The highest BCUT2D eigenvalue weighted by molar-refractivity contribution is 5.95. The molecule has 0 N–H and O–H groups in total. The van der Waals surface area contributed by atoms with Gasteiger partial charge in [0.25, 0.3) is 11.5 Å². The van der Waals surface area contributed by atoms with Crippen molar-refractivity contribution in [1.29, 1.82) is 0 Å². The van der Waals surface area contributed by atoms with Crippen LogP contribution in [0.1, 0.15) is 58.8 Å². The smallest absolute Gasteiger partial charge is 0.267 e. The van der Waals surface area contributed by atoms with Crippen molar-refractivity contribution in [3.63, 3.8) is 0 Å². The van der Waals surface area contributed by atoms with Crippen LogP contribution in [0.2, 0.25) is 0 Å². The fourth-order valence-electron chi connectivity index (χ4n) is 4.22. The van der Waals surface area contributed by atoms with Crippen LogP contribution in [0.25, 0.3) is 0 Å². The molecule has 2 aromatic rings. The summed E-state index contributed by atoms with van der Waals surface area (Å²) in [6.45, 7) is 4.85. The van der Waals surface area contributed by atoms with Gasteiger partial charge in [-0.15, -0.1) is 0 Å². The molecule has 0 radical (unpaired) electrons. The molecule has 2 aromatic heterocycles. The lowest BCUT2D eigenvalue weighted by molar-refractivity contribution is 0.0718. The molecule has 1 aliphatic carbocycles. The van der Waals surface area contributed by atoms with Crippen molar-refractivity contribution in [3.05, 3.63) is 50.8 Å². The number of carbonyl (C=O) groups excluding carboxylic acids is 1. The molecule has 4 rings (SSSR count). The standard InChI is InChI=1S/C20H25N3O3/c1-13-10-17(14(2)26-13)20(25)22-9-5-7-16(22)12-23-19(24)11-15-6-3-4-8-18(15)21-23/h10-11,16H,3-9,12H2,1-2H3. The van der Waals surface area contributed by atoms with Crippen molar-refractivity contribution in [2.45, 2.75) is 65.0 Å². The summed E-state index contributed by atoms with van der Waals surface area (Å²) in [6.07, 6.45) is 6.00. The first-order valence-corrected chi connectivity index (χ1v) is 9.51. The summed E-state index contributed by atoms with van der Waals surface area (Å²) >= 11 is 0. The van der Waals surface area contributed by atoms with Gasteiger partial charge in [-0.25, -0.2) is 4.68 Å². The topological polar surface area (TPSA) is 68.3 Å². The minimum Gasteiger partial charge on any atom is -0.466 e. The molecule has 1 atom stereocenters. The van der Waals surface area contributed by atoms with E-state index in [9.17, 15) is 9.59 Å². The minimum absolute atomic E-state index is 0.00365. The zero-order chi connectivity index (χ0) is 18.3. The fraction of sp³-hybridized carbons (Fsp3) is 0.550. The fourth-order valence-corrected chi connectivity index (χ4v) is 4.22. The molecular weight excluding hydrogens is 330 g/mol. The SMILES string of the molecule is Cc1cc(C(=O)N2CCCC2Cn2nc3c(cc2=O)CCCC3)c(C)o1. The zero-order valence-corrected chi connectivity index (χ0v) is 15.5. The van der Waals surface area contributed by atoms with Crippen LogP contribution in [0.4, 0.5) is 0 Å². The van der Waals surface area contributed by atoms with Crippen molar-refractivity contribution in [2.24, 2.45) is 0 Å². The molecule has 0 spiro atoms. The van der Waals surface area contributed by atoms with Gasteiger partial charge < -0.3 is 9.32 Å². The molecule has 0 bridgehead atoms. The summed E-state index contributed by atoms with van der Waals surface area (Å²) in [7, 11) is 0. The Kier molecular flexibility index (Phi) is 4.42. The monoisotopic (exact) mass is 355 g/mol. The van der Waals surface area contributed by atoms with Crippen LogP contribution in [0.15, 0.2) is 21.3 Å². The Bertz CT molecular complexity index is 896. The molecule has 2 aliphatic rings. The van der Waals surface area contributed by atoms with Gasteiger partial charge in [-0.3, -0.25) is 9.59 Å². The maximum Gasteiger partial charge on any atom is 0.267 e. The molecule has 1 fully saturated rings. The number of hydrogen-bond acceptors (Lipinski definition) is 4. The second kappa shape index (κ2) is 6.74. The van der Waals surface area contributed by atoms with E-state index in [2.05, 4.69) is 5.10 Å². The van der Waals surface area contributed by atoms with Gasteiger partial charge in [0.15, 0.2) is 0 Å². The van der Waals surface area contributed by atoms with E-state index in [4.69, 9.17) is 4.42 Å². The van der Waals surface area contributed by atoms with E-state index >= 15 is 0 Å². The third-order valence-corrected chi connectivity index (χ3v) is 5.57. The van der Waals surface area contributed by atoms with E-state index in [-0.39, 0.29) is 17.5 Å². The summed E-state index contributed by atoms with van der Waals surface area (Å²) in [5.74, 6) is 1.39. The number of carbonyl (C=O) groups is 1. The predicted octanol–water partition coefficient (Wildman–Crippen LogP) is 2.64. The van der Waals surface area contributed by atoms with Gasteiger partial charge in [-0.05, 0) is 64.0 Å². The Morgan fingerprint density at radius 3 is 2.81 bits per heavy atom. The first-order valence-electron chi connectivity index (χ1n) is 9.51. The van der Waals surface area contributed by atoms with Crippen LogP contribution in [-0.4, -0.2) is 33.2 Å². The van der Waals surface area contributed by atoms with E-state index in [1.54, 1.807) is 16.8 Å². The molecule has 1 amide bonds. The normalized spacial score (nSPS) is 19.6. The van der Waals surface area contributed by atoms with Crippen molar-refractivity contribution < 1.29 is 9.21 Å². The highest BCUT2D eigenvalue weighted by Gasteiger charge is 2.32. The van der Waals surface area contributed by atoms with E-state index in [1.165, 1.54) is 0 Å². The Balaban J connectivity index is 1.57. The number of rotatable bonds is 3. The largest absolute Gasteiger partial charge is 0.466 e. The van der Waals surface area contributed by atoms with Crippen LogP contribution in [0, 0.1) is 13.8 Å². The molecule has 1 aliphatic heterocycles. The third-order valence-electron chi connectivity index (χ3n) is 5.57. The van der Waals surface area contributed by atoms with Gasteiger partial charge in [-0.2, -0.15) is 5.10 Å². The summed E-state index contributed by atoms with van der Waals surface area (Å²) in [5, 5.41) is 4.61. The van der Waals surface area contributed by atoms with Gasteiger partial charge in [0.1, 0.15) is 11.5 Å². The molecule has 1 saturated heterocycles. The lowest BCUT2D eigenvalue weighted by atomic mass is 9.97. The van der Waals surface area contributed by atoms with Crippen LogP contribution in [0.5, 0.6) is 0 Å². The molecule has 6 nitrogen and oxygen atoms in total. The van der Waals surface area contributed by atoms with Gasteiger partial charge >= 0.3 is 0 Å². The van der Waals surface area contributed by atoms with Crippen LogP contribution in [-0.2, 0) is 19.4 Å². The van der Waals surface area contributed by atoms with Crippen molar-refractivity contribution in [3.8, 4) is 0 Å². The number of nitrogens with zero attached hydrogens (tertiary/aromatic N) is 3. The first kappa shape index (κ1) is 17.1. The maximum absolute atomic E-state index is 13.0. The predicted molar refractivity (Wildman–Crippen MR) is 97.4 cm³/mol. The van der Waals surface area contributed by atoms with Crippen LogP contribution >= 0.6 is 0 Å². The number of aryl methyl sites for hydroxylation is 4. The van der Waals surface area contributed by atoms with E-state index < -0.39 is 0 Å². The average Bonchev–Trinajstić information content (AvgIpc) is 3.21. The van der Waals surface area contributed by atoms with Gasteiger partial charge in [-0.1, -0.05) is 0 Å². The maximum atomic E-state index is 13.0. The van der Waals surface area contributed by atoms with E-state index in [1.807, 2.05) is 18.7 Å². The second-order valence-corrected chi connectivity index (χ2v) is 7.47. The van der Waals surface area contributed by atoms with Crippen LogP contribution < -0.4 is 5.56 Å². The summed E-state index contributed by atoms with van der Waals surface area (Å²) in [6, 6.07) is 3.55. The highest BCUT2D eigenvalue weighted by atomic mass is 16.3. The lowest BCUT2D eigenvalue weighted by Crippen LogP contribution is -2.41. The number of fused-ring (bicyclic) bond motifs is 1. The Hall–Kier alpha value is -2.37. The number of furan rings is 1. The van der Waals surface area contributed by atoms with Gasteiger partial charge in [0, 0.05) is 12.6 Å². The number of likely N-dealkylation sites (tertiary alicyclic amines) is 1. The van der Waals surface area contributed by atoms with Gasteiger partial charge in [0.2, 0.25) is 0 Å². The quantitative estimate of drug-likeness (QED) is 0.849. The molecule has 138 valence electrons. The number of amides is 1. The van der Waals surface area contributed by atoms with E-state index in [0.717, 1.165) is 55.5 Å². The Morgan fingerprint density at radius 2 is 2.04 bits per heavy atom. The average molecular weight is 355 g/mol. The zero-order valence-electron chi connectivity index (χ0n) is 15.5. The molecule has 0 saturated carbocycles. The second-order valence-electron chi connectivity index (χ2n) is 7.47. The molecule has 1 unspecified atom stereocenters. The minimum atomic E-state index is -0.0553. The first-order chi connectivity index (χ1) is 12.5.